The lowest BCUT2D eigenvalue weighted by molar-refractivity contribution is -0.157. The summed E-state index contributed by atoms with van der Waals surface area (Å²) in [6.07, 6.45) is 1.11. The molecule has 0 aromatic rings. The molecular weight excluding hydrogens is 292 g/mol. The van der Waals surface area contributed by atoms with Crippen LogP contribution >= 0.6 is 0 Å². The van der Waals surface area contributed by atoms with Gasteiger partial charge in [-0.25, -0.2) is 4.79 Å². The number of aliphatic carboxylic acids is 1. The Morgan fingerprint density at radius 2 is 1.82 bits per heavy atom. The fraction of sp³-hybridized carbons (Fsp3) is 0.786. The Bertz CT molecular complexity index is 418. The number of nitrogens with one attached hydrogen (secondary N) is 1. The molecule has 1 fully saturated rings. The van der Waals surface area contributed by atoms with Crippen LogP contribution in [-0.2, 0) is 19.1 Å². The van der Waals surface area contributed by atoms with E-state index in [-0.39, 0.29) is 17.9 Å². The van der Waals surface area contributed by atoms with E-state index in [0.717, 1.165) is 12.8 Å². The number of amides is 1. The predicted molar refractivity (Wildman–Crippen MR) is 76.7 cm³/mol. The maximum absolute atomic E-state index is 12.0. The third kappa shape index (κ3) is 4.96. The lowest BCUT2D eigenvalue weighted by atomic mass is 10.0. The van der Waals surface area contributed by atoms with E-state index in [4.69, 9.17) is 15.6 Å². The summed E-state index contributed by atoms with van der Waals surface area (Å²) in [5.41, 5.74) is 5.40. The molecule has 1 amide bonds. The van der Waals surface area contributed by atoms with Crippen molar-refractivity contribution in [3.05, 3.63) is 0 Å². The van der Waals surface area contributed by atoms with Gasteiger partial charge in [0.25, 0.3) is 0 Å². The van der Waals surface area contributed by atoms with E-state index in [2.05, 4.69) is 5.32 Å². The second-order valence-electron chi connectivity index (χ2n) is 5.88. The highest BCUT2D eigenvalue weighted by molar-refractivity contribution is 5.89. The van der Waals surface area contributed by atoms with Crippen LogP contribution in [0.3, 0.4) is 0 Å². The zero-order valence-electron chi connectivity index (χ0n) is 12.8. The van der Waals surface area contributed by atoms with Crippen LogP contribution in [0.15, 0.2) is 0 Å². The normalized spacial score (nSPS) is 27.0. The van der Waals surface area contributed by atoms with Gasteiger partial charge in [0.1, 0.15) is 6.10 Å². The van der Waals surface area contributed by atoms with E-state index in [1.807, 2.05) is 13.8 Å². The van der Waals surface area contributed by atoms with Crippen molar-refractivity contribution in [2.45, 2.75) is 51.3 Å². The predicted octanol–water partition coefficient (Wildman–Crippen LogP) is -0.757. The Balaban J connectivity index is 2.57. The monoisotopic (exact) mass is 316 g/mol. The summed E-state index contributed by atoms with van der Waals surface area (Å²) >= 11 is 0. The van der Waals surface area contributed by atoms with E-state index in [1.54, 1.807) is 0 Å². The van der Waals surface area contributed by atoms with Crippen LogP contribution < -0.4 is 11.1 Å². The zero-order chi connectivity index (χ0) is 16.9. The molecule has 22 heavy (non-hydrogen) atoms. The Hall–Kier alpha value is -1.67. The van der Waals surface area contributed by atoms with E-state index >= 15 is 0 Å². The summed E-state index contributed by atoms with van der Waals surface area (Å²) in [6.45, 7) is 3.33. The number of hydrogen-bond donors (Lipinski definition) is 4. The minimum Gasteiger partial charge on any atom is -0.481 e. The molecule has 0 saturated heterocycles. The third-order valence-corrected chi connectivity index (χ3v) is 3.97. The molecular formula is C14H24N2O6. The van der Waals surface area contributed by atoms with E-state index in [9.17, 15) is 19.5 Å². The average Bonchev–Trinajstić information content (AvgIpc) is 2.75. The molecule has 1 rings (SSSR count). The summed E-state index contributed by atoms with van der Waals surface area (Å²) in [7, 11) is 0. The maximum Gasteiger partial charge on any atom is 0.331 e. The number of carboxylic acids is 1. The number of ether oxygens (including phenoxy) is 1. The van der Waals surface area contributed by atoms with Gasteiger partial charge < -0.3 is 26.0 Å². The number of esters is 1. The molecule has 8 nitrogen and oxygen atoms in total. The molecule has 0 bridgehead atoms. The van der Waals surface area contributed by atoms with E-state index in [0.29, 0.717) is 0 Å². The Labute approximate surface area is 129 Å². The van der Waals surface area contributed by atoms with Gasteiger partial charge in [-0.1, -0.05) is 13.8 Å². The molecule has 1 aliphatic rings. The molecule has 4 atom stereocenters. The first-order chi connectivity index (χ1) is 10.3. The van der Waals surface area contributed by atoms with Crippen LogP contribution in [0.2, 0.25) is 0 Å². The lowest BCUT2D eigenvalue weighted by Gasteiger charge is -2.24. The van der Waals surface area contributed by atoms with Crippen LogP contribution in [0.1, 0.15) is 33.1 Å². The number of aliphatic hydroxyl groups excluding tert-OH is 1. The molecule has 5 N–H and O–H groups in total. The summed E-state index contributed by atoms with van der Waals surface area (Å²) < 4.78 is 5.38. The molecule has 0 aliphatic heterocycles. The lowest BCUT2D eigenvalue weighted by Crippen LogP contribution is -2.51. The molecule has 0 spiro atoms. The van der Waals surface area contributed by atoms with Gasteiger partial charge in [0.2, 0.25) is 5.91 Å². The SMILES string of the molecule is CC1CCC(C)C1OC(=O)[C@H](CO)NC(=O)[C@@H](N)CC(=O)O. The number of carboxylic acid groups (broad SMARTS) is 1. The highest BCUT2D eigenvalue weighted by atomic mass is 16.5. The van der Waals surface area contributed by atoms with E-state index in [1.165, 1.54) is 0 Å². The topological polar surface area (TPSA) is 139 Å². The number of rotatable bonds is 7. The Morgan fingerprint density at radius 1 is 1.27 bits per heavy atom. The number of nitrogens with two attached hydrogens (primary N) is 1. The second-order valence-corrected chi connectivity index (χ2v) is 5.88. The number of carbonyl (C=O) groups excluding carboxylic acids is 2. The first-order valence-corrected chi connectivity index (χ1v) is 7.35. The first-order valence-electron chi connectivity index (χ1n) is 7.35. The van der Waals surface area contributed by atoms with Gasteiger partial charge in [-0.2, -0.15) is 0 Å². The van der Waals surface area contributed by atoms with E-state index < -0.39 is 43.0 Å². The number of aliphatic hydroxyl groups is 1. The first kappa shape index (κ1) is 18.4. The summed E-state index contributed by atoms with van der Waals surface area (Å²) in [5, 5.41) is 20.0. The molecule has 0 radical (unpaired) electrons. The maximum atomic E-state index is 12.0. The van der Waals surface area contributed by atoms with Crippen molar-refractivity contribution in [3.63, 3.8) is 0 Å². The van der Waals surface area contributed by atoms with Crippen molar-refractivity contribution in [1.82, 2.24) is 5.32 Å². The van der Waals surface area contributed by atoms with Crippen molar-refractivity contribution in [3.8, 4) is 0 Å². The van der Waals surface area contributed by atoms with Crippen LogP contribution in [0.25, 0.3) is 0 Å². The highest BCUT2D eigenvalue weighted by Crippen LogP contribution is 2.33. The molecule has 126 valence electrons. The molecule has 1 aliphatic carbocycles. The van der Waals surface area contributed by atoms with Crippen LogP contribution in [0.5, 0.6) is 0 Å². The van der Waals surface area contributed by atoms with Gasteiger partial charge in [0.15, 0.2) is 6.04 Å². The fourth-order valence-corrected chi connectivity index (χ4v) is 2.60. The Kier molecular flexibility index (Phi) is 6.76. The molecule has 8 heteroatoms. The van der Waals surface area contributed by atoms with Gasteiger partial charge in [-0.3, -0.25) is 9.59 Å². The molecule has 2 unspecified atom stereocenters. The third-order valence-electron chi connectivity index (χ3n) is 3.97. The summed E-state index contributed by atoms with van der Waals surface area (Å²) in [4.78, 5) is 34.3. The van der Waals surface area contributed by atoms with Gasteiger partial charge in [0, 0.05) is 0 Å². The van der Waals surface area contributed by atoms with Crippen molar-refractivity contribution in [2.75, 3.05) is 6.61 Å². The minimum atomic E-state index is -1.29. The van der Waals surface area contributed by atoms with Gasteiger partial charge in [-0.15, -0.1) is 0 Å². The van der Waals surface area contributed by atoms with Crippen molar-refractivity contribution >= 4 is 17.8 Å². The summed E-state index contributed by atoms with van der Waals surface area (Å²) in [5.74, 6) is -2.32. The molecule has 1 saturated carbocycles. The van der Waals surface area contributed by atoms with Crippen LogP contribution in [0, 0.1) is 11.8 Å². The van der Waals surface area contributed by atoms with Crippen LogP contribution in [-0.4, -0.2) is 52.9 Å². The largest absolute Gasteiger partial charge is 0.481 e. The quantitative estimate of drug-likeness (QED) is 0.453. The van der Waals surface area contributed by atoms with Crippen molar-refractivity contribution in [1.29, 1.82) is 0 Å². The standard InChI is InChI=1S/C14H24N2O6/c1-7-3-4-8(2)12(7)22-14(21)10(6-17)16-13(20)9(15)5-11(18)19/h7-10,12,17H,3-6,15H2,1-2H3,(H,16,20)(H,18,19)/t7?,8?,9-,10-,12?/m0/s1. The second kappa shape index (κ2) is 8.09. The fourth-order valence-electron chi connectivity index (χ4n) is 2.60. The highest BCUT2D eigenvalue weighted by Gasteiger charge is 2.35. The van der Waals surface area contributed by atoms with Gasteiger partial charge in [0.05, 0.1) is 19.1 Å². The van der Waals surface area contributed by atoms with Crippen molar-refractivity contribution in [2.24, 2.45) is 17.6 Å². The number of hydrogen-bond acceptors (Lipinski definition) is 6. The average molecular weight is 316 g/mol. The molecule has 0 heterocycles. The molecule has 0 aromatic heterocycles. The van der Waals surface area contributed by atoms with Crippen molar-refractivity contribution < 1.29 is 29.3 Å². The number of carbonyl (C=O) groups is 3. The minimum absolute atomic E-state index is 0.225. The zero-order valence-corrected chi connectivity index (χ0v) is 12.8. The molecule has 0 aromatic carbocycles. The van der Waals surface area contributed by atoms with Gasteiger partial charge in [-0.05, 0) is 24.7 Å². The van der Waals surface area contributed by atoms with Crippen LogP contribution in [0.4, 0.5) is 0 Å². The van der Waals surface area contributed by atoms with Gasteiger partial charge >= 0.3 is 11.9 Å². The summed E-state index contributed by atoms with van der Waals surface area (Å²) in [6, 6.07) is -2.53. The Morgan fingerprint density at radius 3 is 2.27 bits per heavy atom. The smallest absolute Gasteiger partial charge is 0.331 e.